The van der Waals surface area contributed by atoms with Crippen LogP contribution in [0.1, 0.15) is 37.8 Å². The van der Waals surface area contributed by atoms with Gasteiger partial charge in [-0.15, -0.1) is 5.10 Å². The third-order valence-corrected chi connectivity index (χ3v) is 4.12. The van der Waals surface area contributed by atoms with Crippen molar-refractivity contribution in [2.24, 2.45) is 5.92 Å². The lowest BCUT2D eigenvalue weighted by Crippen LogP contribution is -2.10. The molecule has 0 saturated heterocycles. The van der Waals surface area contributed by atoms with E-state index < -0.39 is 0 Å². The van der Waals surface area contributed by atoms with Crippen LogP contribution in [0, 0.1) is 12.8 Å². The smallest absolute Gasteiger partial charge is 0.182 e. The Kier molecular flexibility index (Phi) is 2.97. The van der Waals surface area contributed by atoms with Gasteiger partial charge in [0.25, 0.3) is 0 Å². The molecule has 0 bridgehead atoms. The normalized spacial score (nSPS) is 22.8. The van der Waals surface area contributed by atoms with Crippen molar-refractivity contribution in [2.75, 3.05) is 5.73 Å². The molecule has 1 heterocycles. The van der Waals surface area contributed by atoms with Gasteiger partial charge in [-0.1, -0.05) is 19.1 Å². The van der Waals surface area contributed by atoms with Gasteiger partial charge in [-0.25, -0.2) is 4.68 Å². The molecule has 100 valence electrons. The molecule has 2 N–H and O–H groups in total. The zero-order valence-corrected chi connectivity index (χ0v) is 11.4. The van der Waals surface area contributed by atoms with E-state index in [-0.39, 0.29) is 0 Å². The van der Waals surface area contributed by atoms with E-state index in [0.29, 0.717) is 6.04 Å². The van der Waals surface area contributed by atoms with Crippen molar-refractivity contribution in [1.29, 1.82) is 0 Å². The topological polar surface area (TPSA) is 69.6 Å². The van der Waals surface area contributed by atoms with Crippen LogP contribution in [-0.4, -0.2) is 20.2 Å². The molecule has 0 amide bonds. The summed E-state index contributed by atoms with van der Waals surface area (Å²) in [6, 6.07) is 6.31. The van der Waals surface area contributed by atoms with Crippen molar-refractivity contribution in [3.05, 3.63) is 23.8 Å². The molecule has 5 heteroatoms. The molecule has 1 saturated carbocycles. The fourth-order valence-corrected chi connectivity index (χ4v) is 2.91. The maximum Gasteiger partial charge on any atom is 0.182 e. The molecular formula is C14H19N5. The van der Waals surface area contributed by atoms with Crippen molar-refractivity contribution in [3.63, 3.8) is 0 Å². The zero-order chi connectivity index (χ0) is 13.4. The average molecular weight is 257 g/mol. The van der Waals surface area contributed by atoms with Gasteiger partial charge in [0.15, 0.2) is 5.82 Å². The lowest BCUT2D eigenvalue weighted by atomic mass is 10.1. The quantitative estimate of drug-likeness (QED) is 0.839. The van der Waals surface area contributed by atoms with Crippen LogP contribution in [0.2, 0.25) is 0 Å². The maximum atomic E-state index is 5.97. The van der Waals surface area contributed by atoms with Gasteiger partial charge in [0.05, 0.1) is 6.04 Å². The molecule has 1 aliphatic carbocycles. The number of hydrogen-bond acceptors (Lipinski definition) is 4. The van der Waals surface area contributed by atoms with Gasteiger partial charge in [0.1, 0.15) is 0 Å². The van der Waals surface area contributed by atoms with Gasteiger partial charge >= 0.3 is 0 Å². The number of anilines is 1. The lowest BCUT2D eigenvalue weighted by Gasteiger charge is -2.13. The summed E-state index contributed by atoms with van der Waals surface area (Å²) in [5.41, 5.74) is 8.84. The van der Waals surface area contributed by atoms with Crippen LogP contribution in [0.15, 0.2) is 18.2 Å². The number of benzene rings is 1. The summed E-state index contributed by atoms with van der Waals surface area (Å²) >= 11 is 0. The Bertz CT molecular complexity index is 589. The first kappa shape index (κ1) is 12.1. The number of nitrogens with zero attached hydrogens (tertiary/aromatic N) is 4. The molecular weight excluding hydrogens is 238 g/mol. The van der Waals surface area contributed by atoms with Gasteiger partial charge in [-0.3, -0.25) is 0 Å². The van der Waals surface area contributed by atoms with Crippen LogP contribution in [0.4, 0.5) is 5.69 Å². The monoisotopic (exact) mass is 257 g/mol. The van der Waals surface area contributed by atoms with Crippen LogP contribution in [0.5, 0.6) is 0 Å². The van der Waals surface area contributed by atoms with Gasteiger partial charge in [0.2, 0.25) is 0 Å². The van der Waals surface area contributed by atoms with Crippen molar-refractivity contribution >= 4 is 5.69 Å². The van der Waals surface area contributed by atoms with Crippen molar-refractivity contribution in [2.45, 2.75) is 39.2 Å². The minimum Gasteiger partial charge on any atom is -0.398 e. The summed E-state index contributed by atoms with van der Waals surface area (Å²) in [5, 5.41) is 12.3. The van der Waals surface area contributed by atoms with E-state index in [0.717, 1.165) is 41.4 Å². The van der Waals surface area contributed by atoms with Crippen LogP contribution in [0.25, 0.3) is 11.4 Å². The molecule has 5 nitrogen and oxygen atoms in total. The first-order valence-corrected chi connectivity index (χ1v) is 6.80. The van der Waals surface area contributed by atoms with E-state index in [4.69, 9.17) is 5.73 Å². The van der Waals surface area contributed by atoms with E-state index in [1.54, 1.807) is 0 Å². The third kappa shape index (κ3) is 2.09. The highest BCUT2D eigenvalue weighted by Gasteiger charge is 2.26. The van der Waals surface area contributed by atoms with Gasteiger partial charge in [0, 0.05) is 11.3 Å². The molecule has 0 aliphatic heterocycles. The van der Waals surface area contributed by atoms with Crippen LogP contribution in [0.3, 0.4) is 0 Å². The summed E-state index contributed by atoms with van der Waals surface area (Å²) in [4.78, 5) is 0. The largest absolute Gasteiger partial charge is 0.398 e. The van der Waals surface area contributed by atoms with Crippen LogP contribution in [-0.2, 0) is 0 Å². The number of tetrazole rings is 1. The number of hydrogen-bond donors (Lipinski definition) is 1. The fraction of sp³-hybridized carbons (Fsp3) is 0.500. The highest BCUT2D eigenvalue weighted by atomic mass is 15.5. The van der Waals surface area contributed by atoms with Crippen molar-refractivity contribution in [3.8, 4) is 11.4 Å². The predicted octanol–water partition coefficient (Wildman–Crippen LogP) is 2.59. The van der Waals surface area contributed by atoms with Gasteiger partial charge in [-0.05, 0) is 54.2 Å². The molecule has 1 fully saturated rings. The van der Waals surface area contributed by atoms with E-state index >= 15 is 0 Å². The molecule has 1 aromatic carbocycles. The van der Waals surface area contributed by atoms with E-state index in [1.807, 2.05) is 29.8 Å². The molecule has 3 rings (SSSR count). The molecule has 2 unspecified atom stereocenters. The molecule has 0 spiro atoms. The first-order chi connectivity index (χ1) is 9.16. The summed E-state index contributed by atoms with van der Waals surface area (Å²) in [7, 11) is 0. The molecule has 2 atom stereocenters. The Morgan fingerprint density at radius 3 is 2.89 bits per heavy atom. The first-order valence-electron chi connectivity index (χ1n) is 6.80. The molecule has 2 aromatic rings. The van der Waals surface area contributed by atoms with E-state index in [1.165, 1.54) is 6.42 Å². The van der Waals surface area contributed by atoms with Crippen molar-refractivity contribution < 1.29 is 0 Å². The second kappa shape index (κ2) is 4.64. The summed E-state index contributed by atoms with van der Waals surface area (Å²) in [6.45, 7) is 4.30. The predicted molar refractivity (Wildman–Crippen MR) is 74.5 cm³/mol. The standard InChI is InChI=1S/C14H19N5/c1-9-6-7-11(8-9)19-14(16-17-18-19)12-4-3-5-13(15)10(12)2/h3-5,9,11H,6-8,15H2,1-2H3. The summed E-state index contributed by atoms with van der Waals surface area (Å²) < 4.78 is 1.98. The minimum absolute atomic E-state index is 0.417. The average Bonchev–Trinajstić information content (AvgIpc) is 3.01. The second-order valence-electron chi connectivity index (χ2n) is 5.54. The highest BCUT2D eigenvalue weighted by molar-refractivity contribution is 5.67. The Hall–Kier alpha value is -1.91. The van der Waals surface area contributed by atoms with E-state index in [9.17, 15) is 0 Å². The second-order valence-corrected chi connectivity index (χ2v) is 5.54. The van der Waals surface area contributed by atoms with Gasteiger partial charge in [-0.2, -0.15) is 0 Å². The van der Waals surface area contributed by atoms with E-state index in [2.05, 4.69) is 22.4 Å². The highest BCUT2D eigenvalue weighted by Crippen LogP contribution is 2.36. The Morgan fingerprint density at radius 2 is 2.16 bits per heavy atom. The molecule has 0 radical (unpaired) electrons. The number of rotatable bonds is 2. The zero-order valence-electron chi connectivity index (χ0n) is 11.4. The third-order valence-electron chi connectivity index (χ3n) is 4.12. The molecule has 1 aliphatic rings. The fourth-order valence-electron chi connectivity index (χ4n) is 2.91. The van der Waals surface area contributed by atoms with Gasteiger partial charge < -0.3 is 5.73 Å². The SMILES string of the molecule is Cc1c(N)cccc1-c1nnnn1C1CCC(C)C1. The summed E-state index contributed by atoms with van der Waals surface area (Å²) in [6.07, 6.45) is 3.56. The van der Waals surface area contributed by atoms with Crippen molar-refractivity contribution in [1.82, 2.24) is 20.2 Å². The number of nitrogens with two attached hydrogens (primary N) is 1. The minimum atomic E-state index is 0.417. The van der Waals surface area contributed by atoms with Crippen LogP contribution >= 0.6 is 0 Å². The Balaban J connectivity index is 2.02. The Labute approximate surface area is 112 Å². The maximum absolute atomic E-state index is 5.97. The Morgan fingerprint density at radius 1 is 1.32 bits per heavy atom. The lowest BCUT2D eigenvalue weighted by molar-refractivity contribution is 0.443. The summed E-state index contributed by atoms with van der Waals surface area (Å²) in [5.74, 6) is 1.59. The molecule has 1 aromatic heterocycles. The molecule has 19 heavy (non-hydrogen) atoms. The van der Waals surface area contributed by atoms with Crippen LogP contribution < -0.4 is 5.73 Å². The number of nitrogen functional groups attached to an aromatic ring is 1. The number of aromatic nitrogens is 4.